The number of benzene rings is 2. The lowest BCUT2D eigenvalue weighted by atomic mass is 10.1. The molecule has 134 valence electrons. The van der Waals surface area contributed by atoms with E-state index in [1.165, 1.54) is 0 Å². The Morgan fingerprint density at radius 1 is 1.20 bits per heavy atom. The van der Waals surface area contributed by atoms with Crippen LogP contribution in [0.3, 0.4) is 0 Å². The molecule has 2 N–H and O–H groups in total. The summed E-state index contributed by atoms with van der Waals surface area (Å²) in [6.07, 6.45) is 0. The van der Waals surface area contributed by atoms with Crippen molar-refractivity contribution >= 4 is 27.5 Å². The fourth-order valence-corrected chi connectivity index (χ4v) is 3.01. The number of hydrogen-bond donors (Lipinski definition) is 2. The molecule has 0 radical (unpaired) electrons. The van der Waals surface area contributed by atoms with Gasteiger partial charge in [-0.25, -0.2) is 0 Å². The van der Waals surface area contributed by atoms with Crippen LogP contribution in [0.1, 0.15) is 11.1 Å². The lowest BCUT2D eigenvalue weighted by Crippen LogP contribution is -3.08. The molecule has 25 heavy (non-hydrogen) atoms. The van der Waals surface area contributed by atoms with E-state index >= 15 is 0 Å². The highest BCUT2D eigenvalue weighted by Gasteiger charge is 2.16. The Hall–Kier alpha value is -2.05. The number of carbonyl (C=O) groups is 1. The van der Waals surface area contributed by atoms with E-state index in [4.69, 9.17) is 9.47 Å². The molecule has 0 heterocycles. The molecule has 1 atom stereocenters. The fraction of sp³-hybridized carbons (Fsp3) is 0.316. The van der Waals surface area contributed by atoms with Crippen LogP contribution in [-0.4, -0.2) is 33.7 Å². The number of para-hydroxylation sites is 1. The molecule has 1 amide bonds. The third-order valence-corrected chi connectivity index (χ3v) is 4.75. The third-order valence-electron chi connectivity index (χ3n) is 3.89. The van der Waals surface area contributed by atoms with Gasteiger partial charge in [-0.3, -0.25) is 4.79 Å². The maximum atomic E-state index is 12.3. The maximum absolute atomic E-state index is 12.3. The van der Waals surface area contributed by atoms with E-state index in [-0.39, 0.29) is 5.91 Å². The van der Waals surface area contributed by atoms with Crippen LogP contribution in [-0.2, 0) is 11.3 Å². The summed E-state index contributed by atoms with van der Waals surface area (Å²) in [4.78, 5) is 13.3. The van der Waals surface area contributed by atoms with Gasteiger partial charge in [0.25, 0.3) is 5.91 Å². The molecule has 5 nitrogen and oxygen atoms in total. The minimum absolute atomic E-state index is 0.0323. The summed E-state index contributed by atoms with van der Waals surface area (Å²) in [7, 11) is 5.22. The van der Waals surface area contributed by atoms with Crippen molar-refractivity contribution in [2.24, 2.45) is 0 Å². The summed E-state index contributed by atoms with van der Waals surface area (Å²) in [6, 6.07) is 11.6. The summed E-state index contributed by atoms with van der Waals surface area (Å²) in [6.45, 7) is 3.02. The van der Waals surface area contributed by atoms with E-state index in [0.29, 0.717) is 24.6 Å². The summed E-state index contributed by atoms with van der Waals surface area (Å²) in [5, 5.41) is 2.93. The molecule has 6 heteroatoms. The second-order valence-electron chi connectivity index (χ2n) is 5.98. The Labute approximate surface area is 157 Å². The van der Waals surface area contributed by atoms with Crippen LogP contribution in [0.4, 0.5) is 5.69 Å². The number of ether oxygens (including phenoxy) is 2. The van der Waals surface area contributed by atoms with Gasteiger partial charge < -0.3 is 19.7 Å². The standard InChI is InChI=1S/C19H23BrN2O3/c1-13-8-9-15(10-16(13)20)21-18(23)12-22(2)11-14-6-5-7-17(24-3)19(14)25-4/h5-10H,11-12H2,1-4H3,(H,21,23)/p+1. The number of methoxy groups -OCH3 is 2. The minimum Gasteiger partial charge on any atom is -0.493 e. The van der Waals surface area contributed by atoms with E-state index < -0.39 is 0 Å². The second kappa shape index (κ2) is 8.87. The van der Waals surface area contributed by atoms with Crippen molar-refractivity contribution in [1.82, 2.24) is 0 Å². The highest BCUT2D eigenvalue weighted by atomic mass is 79.9. The first-order chi connectivity index (χ1) is 11.9. The molecule has 0 aliphatic carbocycles. The normalized spacial score (nSPS) is 11.7. The molecule has 0 aliphatic rings. The topological polar surface area (TPSA) is 52.0 Å². The van der Waals surface area contributed by atoms with Gasteiger partial charge in [-0.05, 0) is 36.8 Å². The molecule has 0 aromatic heterocycles. The molecule has 1 unspecified atom stereocenters. The van der Waals surface area contributed by atoms with Gasteiger partial charge in [0.05, 0.1) is 26.8 Å². The lowest BCUT2D eigenvalue weighted by molar-refractivity contribution is -0.885. The van der Waals surface area contributed by atoms with E-state index in [1.54, 1.807) is 14.2 Å². The molecule has 0 spiro atoms. The first-order valence-electron chi connectivity index (χ1n) is 8.01. The Bertz CT molecular complexity index is 749. The highest BCUT2D eigenvalue weighted by molar-refractivity contribution is 9.10. The van der Waals surface area contributed by atoms with Gasteiger partial charge in [-0.2, -0.15) is 0 Å². The number of nitrogens with one attached hydrogen (secondary N) is 2. The predicted molar refractivity (Wildman–Crippen MR) is 103 cm³/mol. The monoisotopic (exact) mass is 407 g/mol. The van der Waals surface area contributed by atoms with Crippen molar-refractivity contribution in [3.63, 3.8) is 0 Å². The van der Waals surface area contributed by atoms with Crippen molar-refractivity contribution in [3.05, 3.63) is 52.0 Å². The van der Waals surface area contributed by atoms with Crippen molar-refractivity contribution in [2.45, 2.75) is 13.5 Å². The van der Waals surface area contributed by atoms with Gasteiger partial charge in [0.15, 0.2) is 18.0 Å². The van der Waals surface area contributed by atoms with Gasteiger partial charge in [0.2, 0.25) is 0 Å². The van der Waals surface area contributed by atoms with E-state index in [0.717, 1.165) is 26.2 Å². The molecule has 2 rings (SSSR count). The smallest absolute Gasteiger partial charge is 0.279 e. The van der Waals surface area contributed by atoms with E-state index in [9.17, 15) is 4.79 Å². The highest BCUT2D eigenvalue weighted by Crippen LogP contribution is 2.30. The Kier molecular flexibility index (Phi) is 6.84. The van der Waals surface area contributed by atoms with Crippen molar-refractivity contribution in [2.75, 3.05) is 33.1 Å². The maximum Gasteiger partial charge on any atom is 0.279 e. The molecule has 0 saturated heterocycles. The second-order valence-corrected chi connectivity index (χ2v) is 6.83. The number of carbonyl (C=O) groups excluding carboxylic acids is 1. The van der Waals surface area contributed by atoms with E-state index in [1.807, 2.05) is 50.4 Å². The van der Waals surface area contributed by atoms with Gasteiger partial charge >= 0.3 is 0 Å². The SMILES string of the molecule is COc1cccc(C[NH+](C)CC(=O)Nc2ccc(C)c(Br)c2)c1OC. The number of amides is 1. The summed E-state index contributed by atoms with van der Waals surface area (Å²) in [5.74, 6) is 1.38. The number of rotatable bonds is 7. The van der Waals surface area contributed by atoms with Crippen LogP contribution >= 0.6 is 15.9 Å². The van der Waals surface area contributed by atoms with Crippen LogP contribution in [0.15, 0.2) is 40.9 Å². The number of hydrogen-bond acceptors (Lipinski definition) is 3. The quantitative estimate of drug-likeness (QED) is 0.740. The number of quaternary nitrogens is 1. The first-order valence-corrected chi connectivity index (χ1v) is 8.81. The lowest BCUT2D eigenvalue weighted by Gasteiger charge is -2.17. The predicted octanol–water partition coefficient (Wildman–Crippen LogP) is 2.43. The molecule has 0 bridgehead atoms. The number of likely N-dealkylation sites (N-methyl/N-ethyl adjacent to an activating group) is 1. The van der Waals surface area contributed by atoms with E-state index in [2.05, 4.69) is 21.2 Å². The zero-order chi connectivity index (χ0) is 18.4. The van der Waals surface area contributed by atoms with Crippen LogP contribution < -0.4 is 19.7 Å². The largest absolute Gasteiger partial charge is 0.493 e. The van der Waals surface area contributed by atoms with Crippen LogP contribution in [0, 0.1) is 6.92 Å². The average Bonchev–Trinajstić information content (AvgIpc) is 2.57. The summed E-state index contributed by atoms with van der Waals surface area (Å²) < 4.78 is 11.7. The summed E-state index contributed by atoms with van der Waals surface area (Å²) >= 11 is 3.48. The van der Waals surface area contributed by atoms with Gasteiger partial charge in [-0.15, -0.1) is 0 Å². The van der Waals surface area contributed by atoms with Gasteiger partial charge in [-0.1, -0.05) is 28.1 Å². The van der Waals surface area contributed by atoms with Crippen molar-refractivity contribution < 1.29 is 19.2 Å². The van der Waals surface area contributed by atoms with Crippen molar-refractivity contribution in [1.29, 1.82) is 0 Å². The first kappa shape index (κ1) is 19.3. The Balaban J connectivity index is 1.99. The molecule has 0 fully saturated rings. The Morgan fingerprint density at radius 3 is 2.60 bits per heavy atom. The van der Waals surface area contributed by atoms with Gasteiger partial charge in [0.1, 0.15) is 6.54 Å². The van der Waals surface area contributed by atoms with Gasteiger partial charge in [0, 0.05) is 10.2 Å². The van der Waals surface area contributed by atoms with Crippen LogP contribution in [0.25, 0.3) is 0 Å². The molecule has 0 aliphatic heterocycles. The molecule has 2 aromatic rings. The zero-order valence-electron chi connectivity index (χ0n) is 15.0. The fourth-order valence-electron chi connectivity index (χ4n) is 2.63. The molecular formula is C19H24BrN2O3+. The third kappa shape index (κ3) is 5.21. The zero-order valence-corrected chi connectivity index (χ0v) is 16.6. The van der Waals surface area contributed by atoms with Crippen LogP contribution in [0.2, 0.25) is 0 Å². The number of aryl methyl sites for hydroxylation is 1. The molecular weight excluding hydrogens is 384 g/mol. The number of halogens is 1. The average molecular weight is 408 g/mol. The molecule has 0 saturated carbocycles. The van der Waals surface area contributed by atoms with Crippen molar-refractivity contribution in [3.8, 4) is 11.5 Å². The molecule has 2 aromatic carbocycles. The number of anilines is 1. The summed E-state index contributed by atoms with van der Waals surface area (Å²) in [5.41, 5.74) is 2.92. The minimum atomic E-state index is -0.0323. The Morgan fingerprint density at radius 2 is 1.96 bits per heavy atom. The van der Waals surface area contributed by atoms with Crippen LogP contribution in [0.5, 0.6) is 11.5 Å².